The molecule has 2 N–H and O–H groups in total. The van der Waals surface area contributed by atoms with Gasteiger partial charge in [-0.2, -0.15) is 0 Å². The molecule has 2 unspecified atom stereocenters. The van der Waals surface area contributed by atoms with E-state index in [0.29, 0.717) is 25.8 Å². The van der Waals surface area contributed by atoms with Gasteiger partial charge in [0.1, 0.15) is 18.7 Å². The fourth-order valence-corrected chi connectivity index (χ4v) is 1.94. The van der Waals surface area contributed by atoms with Crippen LogP contribution in [0.25, 0.3) is 0 Å². The third-order valence-electron chi connectivity index (χ3n) is 3.42. The van der Waals surface area contributed by atoms with Gasteiger partial charge in [0, 0.05) is 13.7 Å². The molecule has 2 amide bonds. The summed E-state index contributed by atoms with van der Waals surface area (Å²) in [7, 11) is 1.71. The SMILES string of the molecule is CC(NC=O)C(=O)N1CCCC(C(=O)OCC(Cl)(Cl)Cl)N1.COC(C)(C)C. The number of amides is 2. The Kier molecular flexibility index (Phi) is 11.6. The zero-order valence-corrected chi connectivity index (χ0v) is 18.5. The van der Waals surface area contributed by atoms with E-state index in [2.05, 4.69) is 10.7 Å². The minimum Gasteiger partial charge on any atom is -0.460 e. The molecule has 0 spiro atoms. The Morgan fingerprint density at radius 1 is 1.33 bits per heavy atom. The number of alkyl halides is 3. The summed E-state index contributed by atoms with van der Waals surface area (Å²) in [5, 5.41) is 3.64. The van der Waals surface area contributed by atoms with E-state index >= 15 is 0 Å². The zero-order chi connectivity index (χ0) is 21.3. The molecule has 1 aliphatic heterocycles. The molecule has 27 heavy (non-hydrogen) atoms. The number of hydrogen-bond acceptors (Lipinski definition) is 6. The van der Waals surface area contributed by atoms with Crippen LogP contribution in [0.15, 0.2) is 0 Å². The van der Waals surface area contributed by atoms with Gasteiger partial charge in [-0.05, 0) is 40.5 Å². The highest BCUT2D eigenvalue weighted by Crippen LogP contribution is 2.26. The van der Waals surface area contributed by atoms with E-state index in [-0.39, 0.29) is 18.1 Å². The Morgan fingerprint density at radius 3 is 2.33 bits per heavy atom. The Hall–Kier alpha value is -0.800. The highest BCUT2D eigenvalue weighted by molar-refractivity contribution is 6.67. The lowest BCUT2D eigenvalue weighted by molar-refractivity contribution is -0.152. The van der Waals surface area contributed by atoms with E-state index in [4.69, 9.17) is 44.3 Å². The van der Waals surface area contributed by atoms with Crippen molar-refractivity contribution in [1.82, 2.24) is 15.8 Å². The summed E-state index contributed by atoms with van der Waals surface area (Å²) in [5.41, 5.74) is 2.79. The lowest BCUT2D eigenvalue weighted by atomic mass is 10.1. The summed E-state index contributed by atoms with van der Waals surface area (Å²) in [4.78, 5) is 34.2. The first-order chi connectivity index (χ1) is 12.3. The minimum atomic E-state index is -1.68. The van der Waals surface area contributed by atoms with E-state index in [1.165, 1.54) is 5.01 Å². The minimum absolute atomic E-state index is 0.0417. The van der Waals surface area contributed by atoms with Gasteiger partial charge in [-0.25, -0.2) is 5.43 Å². The third kappa shape index (κ3) is 12.3. The lowest BCUT2D eigenvalue weighted by Gasteiger charge is -2.34. The summed E-state index contributed by atoms with van der Waals surface area (Å²) >= 11 is 16.5. The van der Waals surface area contributed by atoms with Gasteiger partial charge in [0.05, 0.1) is 5.60 Å². The Labute approximate surface area is 175 Å². The molecule has 11 heteroatoms. The van der Waals surface area contributed by atoms with Crippen molar-refractivity contribution in [3.63, 3.8) is 0 Å². The number of ether oxygens (including phenoxy) is 2. The zero-order valence-electron chi connectivity index (χ0n) is 16.2. The van der Waals surface area contributed by atoms with Gasteiger partial charge in [0.2, 0.25) is 10.2 Å². The molecule has 1 rings (SSSR count). The predicted molar refractivity (Wildman–Crippen MR) is 105 cm³/mol. The molecule has 1 saturated heterocycles. The monoisotopic (exact) mass is 447 g/mol. The quantitative estimate of drug-likeness (QED) is 0.379. The number of carbonyl (C=O) groups excluding carboxylic acids is 3. The van der Waals surface area contributed by atoms with E-state index < -0.39 is 21.8 Å². The van der Waals surface area contributed by atoms with E-state index in [1.807, 2.05) is 20.8 Å². The van der Waals surface area contributed by atoms with Crippen molar-refractivity contribution in [1.29, 1.82) is 0 Å². The largest absolute Gasteiger partial charge is 0.460 e. The fraction of sp³-hybridized carbons (Fsp3) is 0.812. The molecule has 0 saturated carbocycles. The fourth-order valence-electron chi connectivity index (χ4n) is 1.78. The first-order valence-electron chi connectivity index (χ1n) is 8.36. The van der Waals surface area contributed by atoms with Gasteiger partial charge in [-0.1, -0.05) is 34.8 Å². The Morgan fingerprint density at radius 2 is 1.89 bits per heavy atom. The predicted octanol–water partition coefficient (Wildman–Crippen LogP) is 1.96. The van der Waals surface area contributed by atoms with Gasteiger partial charge in [0.25, 0.3) is 5.91 Å². The number of carbonyl (C=O) groups is 3. The summed E-state index contributed by atoms with van der Waals surface area (Å²) in [6, 6.07) is -1.38. The smallest absolute Gasteiger partial charge is 0.325 e. The second-order valence-electron chi connectivity index (χ2n) is 6.86. The Bertz CT molecular complexity index is 495. The van der Waals surface area contributed by atoms with Gasteiger partial charge >= 0.3 is 5.97 Å². The van der Waals surface area contributed by atoms with Crippen LogP contribution < -0.4 is 10.7 Å². The van der Waals surface area contributed by atoms with Crippen molar-refractivity contribution in [2.24, 2.45) is 0 Å². The Balaban J connectivity index is 0.000000972. The molecule has 0 bridgehead atoms. The number of nitrogens with one attached hydrogen (secondary N) is 2. The average Bonchev–Trinajstić information content (AvgIpc) is 2.58. The van der Waals surface area contributed by atoms with Crippen LogP contribution in [0.3, 0.4) is 0 Å². The van der Waals surface area contributed by atoms with Crippen LogP contribution in [-0.4, -0.2) is 65.0 Å². The van der Waals surface area contributed by atoms with Gasteiger partial charge in [-0.3, -0.25) is 19.4 Å². The van der Waals surface area contributed by atoms with Crippen molar-refractivity contribution in [3.8, 4) is 0 Å². The second kappa shape index (κ2) is 11.9. The van der Waals surface area contributed by atoms with Crippen LogP contribution in [0.4, 0.5) is 0 Å². The van der Waals surface area contributed by atoms with Crippen LogP contribution in [0, 0.1) is 0 Å². The molecule has 0 aromatic carbocycles. The first-order valence-corrected chi connectivity index (χ1v) is 9.50. The molecule has 1 aliphatic rings. The highest BCUT2D eigenvalue weighted by atomic mass is 35.6. The standard InChI is InChI=1S/C11H16Cl3N3O4.C5H12O/c1-7(15-6-18)9(19)17-4-2-3-8(16-17)10(20)21-5-11(12,13)14;1-5(2,3)6-4/h6-8,16H,2-5H2,1H3,(H,15,18);1-4H3. The molecular weight excluding hydrogens is 421 g/mol. The van der Waals surface area contributed by atoms with E-state index in [1.54, 1.807) is 14.0 Å². The number of esters is 1. The van der Waals surface area contributed by atoms with Crippen molar-refractivity contribution in [2.75, 3.05) is 20.3 Å². The maximum absolute atomic E-state index is 12.0. The molecule has 158 valence electrons. The molecule has 0 aliphatic carbocycles. The van der Waals surface area contributed by atoms with Crippen molar-refractivity contribution in [2.45, 2.75) is 62.0 Å². The molecular formula is C16H28Cl3N3O5. The maximum Gasteiger partial charge on any atom is 0.325 e. The van der Waals surface area contributed by atoms with Crippen molar-refractivity contribution in [3.05, 3.63) is 0 Å². The average molecular weight is 449 g/mol. The molecule has 1 heterocycles. The van der Waals surface area contributed by atoms with Crippen LogP contribution >= 0.6 is 34.8 Å². The first kappa shape index (κ1) is 26.2. The highest BCUT2D eigenvalue weighted by Gasteiger charge is 2.32. The normalized spacial score (nSPS) is 18.7. The number of rotatable bonds is 5. The van der Waals surface area contributed by atoms with Gasteiger partial charge < -0.3 is 14.8 Å². The number of halogens is 3. The second-order valence-corrected chi connectivity index (χ2v) is 9.38. The summed E-state index contributed by atoms with van der Waals surface area (Å²) in [5.74, 6) is -0.948. The summed E-state index contributed by atoms with van der Waals surface area (Å²) in [6.45, 7) is 7.67. The number of nitrogens with zero attached hydrogens (tertiary/aromatic N) is 1. The lowest BCUT2D eigenvalue weighted by Crippen LogP contribution is -2.59. The van der Waals surface area contributed by atoms with E-state index in [9.17, 15) is 14.4 Å². The van der Waals surface area contributed by atoms with Crippen molar-refractivity contribution < 1.29 is 23.9 Å². The van der Waals surface area contributed by atoms with E-state index in [0.717, 1.165) is 0 Å². The molecule has 0 radical (unpaired) electrons. The molecule has 8 nitrogen and oxygen atoms in total. The molecule has 1 fully saturated rings. The number of hydrazine groups is 1. The summed E-state index contributed by atoms with van der Waals surface area (Å²) < 4.78 is 8.13. The number of methoxy groups -OCH3 is 1. The van der Waals surface area contributed by atoms with Crippen molar-refractivity contribution >= 4 is 53.1 Å². The molecule has 2 atom stereocenters. The topological polar surface area (TPSA) is 97.0 Å². The third-order valence-corrected chi connectivity index (χ3v) is 3.74. The van der Waals surface area contributed by atoms with Crippen LogP contribution in [0.2, 0.25) is 0 Å². The number of hydrogen-bond donors (Lipinski definition) is 2. The van der Waals surface area contributed by atoms with Crippen LogP contribution in [-0.2, 0) is 23.9 Å². The molecule has 0 aromatic heterocycles. The van der Waals surface area contributed by atoms with Gasteiger partial charge in [-0.15, -0.1) is 0 Å². The maximum atomic E-state index is 12.0. The molecule has 0 aromatic rings. The van der Waals surface area contributed by atoms with Crippen LogP contribution in [0.5, 0.6) is 0 Å². The summed E-state index contributed by atoms with van der Waals surface area (Å²) in [6.07, 6.45) is 1.55. The van der Waals surface area contributed by atoms with Crippen LogP contribution in [0.1, 0.15) is 40.5 Å². The van der Waals surface area contributed by atoms with Gasteiger partial charge in [0.15, 0.2) is 0 Å².